The van der Waals surface area contributed by atoms with Crippen molar-refractivity contribution in [2.45, 2.75) is 43.3 Å². The molecular weight excluding hydrogens is 232 g/mol. The number of aromatic nitrogens is 2. The molecule has 0 bridgehead atoms. The predicted molar refractivity (Wildman–Crippen MR) is 72.4 cm³/mol. The lowest BCUT2D eigenvalue weighted by Crippen LogP contribution is -2.49. The molecule has 0 spiro atoms. The van der Waals surface area contributed by atoms with Crippen molar-refractivity contribution in [3.05, 3.63) is 12.4 Å². The molecule has 0 aliphatic carbocycles. The summed E-state index contributed by atoms with van der Waals surface area (Å²) in [6.45, 7) is 2.95. The van der Waals surface area contributed by atoms with Crippen LogP contribution < -0.4 is 10.6 Å². The van der Waals surface area contributed by atoms with E-state index in [0.29, 0.717) is 18.6 Å². The van der Waals surface area contributed by atoms with Crippen LogP contribution in [0.3, 0.4) is 0 Å². The predicted octanol–water partition coefficient (Wildman–Crippen LogP) is 1.90. The summed E-state index contributed by atoms with van der Waals surface area (Å²) >= 11 is 1.65. The van der Waals surface area contributed by atoms with Gasteiger partial charge in [-0.1, -0.05) is 0 Å². The van der Waals surface area contributed by atoms with E-state index < -0.39 is 0 Å². The van der Waals surface area contributed by atoms with Crippen LogP contribution in [0.4, 0.5) is 5.82 Å². The number of nitrogens with zero attached hydrogens (tertiary/aromatic N) is 3. The lowest BCUT2D eigenvalue weighted by molar-refractivity contribution is 0.397. The van der Waals surface area contributed by atoms with Crippen molar-refractivity contribution >= 4 is 17.6 Å². The van der Waals surface area contributed by atoms with Crippen molar-refractivity contribution in [3.8, 4) is 0 Å². The quantitative estimate of drug-likeness (QED) is 0.658. The van der Waals surface area contributed by atoms with Gasteiger partial charge in [0.15, 0.2) is 0 Å². The maximum absolute atomic E-state index is 5.87. The Morgan fingerprint density at radius 1 is 1.47 bits per heavy atom. The van der Waals surface area contributed by atoms with Crippen LogP contribution >= 0.6 is 11.8 Å². The van der Waals surface area contributed by atoms with Gasteiger partial charge in [0.1, 0.15) is 17.2 Å². The fourth-order valence-electron chi connectivity index (χ4n) is 2.51. The average molecular weight is 252 g/mol. The highest BCUT2D eigenvalue weighted by atomic mass is 32.2. The topological polar surface area (TPSA) is 55.0 Å². The van der Waals surface area contributed by atoms with Crippen molar-refractivity contribution in [2.24, 2.45) is 5.73 Å². The molecule has 1 aromatic rings. The van der Waals surface area contributed by atoms with E-state index in [1.165, 1.54) is 19.3 Å². The van der Waals surface area contributed by atoms with Gasteiger partial charge in [0.05, 0.1) is 0 Å². The van der Waals surface area contributed by atoms with Crippen LogP contribution in [-0.4, -0.2) is 34.9 Å². The molecule has 0 aromatic carbocycles. The lowest BCUT2D eigenvalue weighted by atomic mass is 9.96. The highest BCUT2D eigenvalue weighted by molar-refractivity contribution is 7.98. The molecule has 0 saturated carbocycles. The number of piperidine rings is 1. The van der Waals surface area contributed by atoms with E-state index in [0.717, 1.165) is 10.8 Å². The van der Waals surface area contributed by atoms with Gasteiger partial charge in [0.25, 0.3) is 0 Å². The van der Waals surface area contributed by atoms with Crippen LogP contribution in [0.5, 0.6) is 0 Å². The Bertz CT molecular complexity index is 371. The summed E-state index contributed by atoms with van der Waals surface area (Å²) in [4.78, 5) is 11.0. The first-order chi connectivity index (χ1) is 8.26. The molecule has 1 fully saturated rings. The minimum Gasteiger partial charge on any atom is -0.350 e. The van der Waals surface area contributed by atoms with Crippen LogP contribution in [-0.2, 0) is 0 Å². The third kappa shape index (κ3) is 2.72. The molecule has 2 N–H and O–H groups in total. The molecule has 2 atom stereocenters. The van der Waals surface area contributed by atoms with Gasteiger partial charge < -0.3 is 10.6 Å². The molecule has 1 aromatic heterocycles. The van der Waals surface area contributed by atoms with Crippen LogP contribution in [0.15, 0.2) is 17.4 Å². The summed E-state index contributed by atoms with van der Waals surface area (Å²) < 4.78 is 0. The van der Waals surface area contributed by atoms with E-state index in [-0.39, 0.29) is 0 Å². The smallest absolute Gasteiger partial charge is 0.133 e. The molecule has 4 nitrogen and oxygen atoms in total. The first-order valence-corrected chi connectivity index (χ1v) is 7.33. The van der Waals surface area contributed by atoms with Gasteiger partial charge in [-0.2, -0.15) is 0 Å². The third-order valence-corrected chi connectivity index (χ3v) is 4.04. The Balaban J connectivity index is 2.27. The Kier molecular flexibility index (Phi) is 4.23. The second kappa shape index (κ2) is 5.69. The molecule has 94 valence electrons. The van der Waals surface area contributed by atoms with Crippen LogP contribution in [0.1, 0.15) is 26.2 Å². The summed E-state index contributed by atoms with van der Waals surface area (Å²) in [5.41, 5.74) is 5.87. The van der Waals surface area contributed by atoms with Crippen molar-refractivity contribution in [1.29, 1.82) is 0 Å². The van der Waals surface area contributed by atoms with E-state index in [1.54, 1.807) is 18.1 Å². The van der Waals surface area contributed by atoms with Gasteiger partial charge in [-0.3, -0.25) is 0 Å². The Hall–Kier alpha value is -0.810. The number of nitrogens with two attached hydrogens (primary N) is 1. The van der Waals surface area contributed by atoms with Crippen LogP contribution in [0.2, 0.25) is 0 Å². The number of rotatable bonds is 3. The summed E-state index contributed by atoms with van der Waals surface area (Å²) in [7, 11) is 0. The molecule has 2 heterocycles. The maximum Gasteiger partial charge on any atom is 0.133 e. The van der Waals surface area contributed by atoms with Crippen molar-refractivity contribution in [3.63, 3.8) is 0 Å². The Labute approximate surface area is 107 Å². The first kappa shape index (κ1) is 12.6. The molecular formula is C12H20N4S. The zero-order chi connectivity index (χ0) is 12.3. The van der Waals surface area contributed by atoms with Gasteiger partial charge in [0.2, 0.25) is 0 Å². The molecule has 1 aliphatic heterocycles. The van der Waals surface area contributed by atoms with Gasteiger partial charge in [-0.25, -0.2) is 9.97 Å². The van der Waals surface area contributed by atoms with E-state index >= 15 is 0 Å². The molecule has 2 unspecified atom stereocenters. The second-order valence-corrected chi connectivity index (χ2v) is 5.32. The molecule has 2 rings (SSSR count). The maximum atomic E-state index is 5.87. The van der Waals surface area contributed by atoms with Crippen molar-refractivity contribution in [2.75, 3.05) is 17.7 Å². The number of anilines is 1. The number of hydrogen-bond donors (Lipinski definition) is 1. The molecule has 0 radical (unpaired) electrons. The lowest BCUT2D eigenvalue weighted by Gasteiger charge is -2.41. The SMILES string of the molecule is CSc1cc(N2C(C)CCCC2CN)ncn1. The first-order valence-electron chi connectivity index (χ1n) is 6.10. The number of thioether (sulfide) groups is 1. The fourth-order valence-corrected chi connectivity index (χ4v) is 2.89. The summed E-state index contributed by atoms with van der Waals surface area (Å²) in [5, 5.41) is 1.02. The fraction of sp³-hybridized carbons (Fsp3) is 0.667. The minimum atomic E-state index is 0.420. The monoisotopic (exact) mass is 252 g/mol. The number of hydrogen-bond acceptors (Lipinski definition) is 5. The highest BCUT2D eigenvalue weighted by Crippen LogP contribution is 2.28. The molecule has 0 amide bonds. The summed E-state index contributed by atoms with van der Waals surface area (Å²) in [5.74, 6) is 1.02. The normalized spacial score (nSPS) is 25.0. The van der Waals surface area contributed by atoms with E-state index in [9.17, 15) is 0 Å². The van der Waals surface area contributed by atoms with Crippen molar-refractivity contribution in [1.82, 2.24) is 9.97 Å². The molecule has 1 saturated heterocycles. The molecule has 5 heteroatoms. The Morgan fingerprint density at radius 3 is 3.00 bits per heavy atom. The largest absolute Gasteiger partial charge is 0.350 e. The van der Waals surface area contributed by atoms with Crippen molar-refractivity contribution < 1.29 is 0 Å². The zero-order valence-electron chi connectivity index (χ0n) is 10.5. The average Bonchev–Trinajstić information content (AvgIpc) is 2.38. The van der Waals surface area contributed by atoms with Crippen LogP contribution in [0, 0.1) is 0 Å². The summed E-state index contributed by atoms with van der Waals surface area (Å²) in [6, 6.07) is 3.00. The van der Waals surface area contributed by atoms with Gasteiger partial charge >= 0.3 is 0 Å². The van der Waals surface area contributed by atoms with E-state index in [1.807, 2.05) is 6.26 Å². The third-order valence-electron chi connectivity index (χ3n) is 3.40. The van der Waals surface area contributed by atoms with Gasteiger partial charge in [0, 0.05) is 24.7 Å². The van der Waals surface area contributed by atoms with Crippen LogP contribution in [0.25, 0.3) is 0 Å². The second-order valence-electron chi connectivity index (χ2n) is 4.50. The van der Waals surface area contributed by atoms with E-state index in [2.05, 4.69) is 27.9 Å². The molecule has 17 heavy (non-hydrogen) atoms. The molecule has 1 aliphatic rings. The van der Waals surface area contributed by atoms with Gasteiger partial charge in [-0.15, -0.1) is 11.8 Å². The Morgan fingerprint density at radius 2 is 2.29 bits per heavy atom. The van der Waals surface area contributed by atoms with E-state index in [4.69, 9.17) is 5.73 Å². The minimum absolute atomic E-state index is 0.420. The van der Waals surface area contributed by atoms with Gasteiger partial charge in [-0.05, 0) is 32.4 Å². The summed E-state index contributed by atoms with van der Waals surface area (Å²) in [6.07, 6.45) is 7.33. The zero-order valence-corrected chi connectivity index (χ0v) is 11.3. The highest BCUT2D eigenvalue weighted by Gasteiger charge is 2.28. The standard InChI is InChI=1S/C12H20N4S/c1-9-4-3-5-10(7-13)16(9)11-6-12(17-2)15-8-14-11/h6,8-10H,3-5,7,13H2,1-2H3.